The van der Waals surface area contributed by atoms with Crippen molar-refractivity contribution in [2.45, 2.75) is 95.2 Å². The standard InChI is InChI=1S/C37H46N4O5S/c1-4-17-47(44,45)38-36(42)34-29-21-40-30(18-28-31(46-3)16-15-25(35(28)40)22-9-6-5-7-10-22)32-26(33(29)34)11-8-12-27(32)37(43)41-23-13-14-24(41)20-39(2)19-23/h8,11,15-16,18,22-24,27,32H,4-7,9-10,12-14,17,19-21H2,1-3H3,(H,38,42)/t23?,24?,27-,32?/m1/s1. The highest BCUT2D eigenvalue weighted by molar-refractivity contribution is 7.90. The molecular formula is C37H46N4O5S. The van der Waals surface area contributed by atoms with Gasteiger partial charge in [-0.2, -0.15) is 0 Å². The number of methoxy groups -OCH3 is 1. The summed E-state index contributed by atoms with van der Waals surface area (Å²) in [5.74, 6) is 0.226. The van der Waals surface area contributed by atoms with Crippen LogP contribution in [0.1, 0.15) is 87.8 Å². The normalized spacial score (nSPS) is 27.4. The third kappa shape index (κ3) is 5.09. The molecule has 47 heavy (non-hydrogen) atoms. The summed E-state index contributed by atoms with van der Waals surface area (Å²) in [6.07, 6.45) is 13.3. The Morgan fingerprint density at radius 1 is 1.04 bits per heavy atom. The van der Waals surface area contributed by atoms with Crippen molar-refractivity contribution in [3.8, 4) is 5.75 Å². The minimum atomic E-state index is -3.74. The fourth-order valence-electron chi connectivity index (χ4n) is 9.69. The predicted octanol–water partition coefficient (Wildman–Crippen LogP) is 5.14. The lowest BCUT2D eigenvalue weighted by Crippen LogP contribution is -2.56. The van der Waals surface area contributed by atoms with E-state index in [1.807, 2.05) is 0 Å². The Morgan fingerprint density at radius 2 is 1.79 bits per heavy atom. The molecule has 1 N–H and O–H groups in total. The molecule has 4 atom stereocenters. The largest absolute Gasteiger partial charge is 0.496 e. The predicted molar refractivity (Wildman–Crippen MR) is 182 cm³/mol. The highest BCUT2D eigenvalue weighted by Crippen LogP contribution is 2.55. The van der Waals surface area contributed by atoms with Crippen LogP contribution in [0, 0.1) is 5.92 Å². The number of aromatic nitrogens is 1. The number of sulfonamides is 1. The van der Waals surface area contributed by atoms with Crippen LogP contribution in [0.5, 0.6) is 5.75 Å². The van der Waals surface area contributed by atoms with Gasteiger partial charge in [0.25, 0.3) is 5.91 Å². The quantitative estimate of drug-likeness (QED) is 0.443. The number of nitrogens with zero attached hydrogens (tertiary/aromatic N) is 3. The molecule has 6 aliphatic rings. The first kappa shape index (κ1) is 30.9. The Balaban J connectivity index is 1.29. The van der Waals surface area contributed by atoms with Gasteiger partial charge >= 0.3 is 0 Å². The number of amides is 2. The molecule has 2 bridgehead atoms. The van der Waals surface area contributed by atoms with Crippen LogP contribution in [0.15, 0.2) is 52.6 Å². The summed E-state index contributed by atoms with van der Waals surface area (Å²) in [5.41, 5.74) is 6.67. The number of nitrogens with one attached hydrogen (secondary N) is 1. The van der Waals surface area contributed by atoms with E-state index < -0.39 is 15.9 Å². The second-order valence-electron chi connectivity index (χ2n) is 14.6. The number of piperazine rings is 1. The third-order valence-electron chi connectivity index (χ3n) is 11.7. The van der Waals surface area contributed by atoms with E-state index in [4.69, 9.17) is 4.74 Å². The number of carbonyl (C=O) groups is 2. The lowest BCUT2D eigenvalue weighted by atomic mass is 9.75. The summed E-state index contributed by atoms with van der Waals surface area (Å²) in [4.78, 5) is 33.0. The Morgan fingerprint density at radius 3 is 2.49 bits per heavy atom. The number of likely N-dealkylation sites (tertiary alicyclic amines) is 1. The van der Waals surface area contributed by atoms with Gasteiger partial charge in [-0.05, 0) is 85.9 Å². The van der Waals surface area contributed by atoms with Crippen molar-refractivity contribution in [2.75, 3.05) is 33.0 Å². The maximum absolute atomic E-state index is 14.8. The zero-order valence-corrected chi connectivity index (χ0v) is 28.6. The molecule has 3 unspecified atom stereocenters. The molecule has 3 aliphatic heterocycles. The molecule has 0 spiro atoms. The van der Waals surface area contributed by atoms with Gasteiger partial charge < -0.3 is 19.1 Å². The van der Waals surface area contributed by atoms with Crippen LogP contribution in [-0.4, -0.2) is 79.7 Å². The van der Waals surface area contributed by atoms with Gasteiger partial charge in [0.05, 0.1) is 29.9 Å². The monoisotopic (exact) mass is 658 g/mol. The van der Waals surface area contributed by atoms with Crippen LogP contribution in [0.4, 0.5) is 0 Å². The zero-order valence-electron chi connectivity index (χ0n) is 27.8. The SMILES string of the molecule is CCCS(=O)(=O)NC(=O)C1=C2Cn3c(cc4c(OC)ccc(C5CCCCC5)c43)C3C(=C21)C=CC[C@H]3C(=O)N1C2CCC1CN(C)C2. The highest BCUT2D eigenvalue weighted by atomic mass is 32.2. The number of rotatable bonds is 7. The molecule has 10 heteroatoms. The van der Waals surface area contributed by atoms with Crippen LogP contribution in [-0.2, 0) is 26.2 Å². The van der Waals surface area contributed by atoms with Gasteiger partial charge in [-0.1, -0.05) is 44.4 Å². The van der Waals surface area contributed by atoms with E-state index in [1.54, 1.807) is 14.0 Å². The number of hydrogen-bond donors (Lipinski definition) is 1. The number of fused-ring (bicyclic) bond motifs is 8. The first-order chi connectivity index (χ1) is 22.7. The molecule has 4 heterocycles. The number of benzene rings is 1. The zero-order chi connectivity index (χ0) is 32.6. The number of likely N-dealkylation sites (N-methyl/N-ethyl adjacent to an activating group) is 1. The van der Waals surface area contributed by atoms with E-state index in [0.29, 0.717) is 30.9 Å². The summed E-state index contributed by atoms with van der Waals surface area (Å²) < 4.78 is 36.0. The Kier molecular flexibility index (Phi) is 7.67. The first-order valence-corrected chi connectivity index (χ1v) is 19.3. The van der Waals surface area contributed by atoms with E-state index in [-0.39, 0.29) is 35.6 Å². The number of hydrogen-bond acceptors (Lipinski definition) is 6. The molecule has 1 saturated carbocycles. The topological polar surface area (TPSA) is 101 Å². The fraction of sp³-hybridized carbons (Fsp3) is 0.568. The molecule has 2 aromatic rings. The lowest BCUT2D eigenvalue weighted by Gasteiger charge is -2.43. The molecule has 3 aliphatic carbocycles. The summed E-state index contributed by atoms with van der Waals surface area (Å²) in [5, 5.41) is 1.05. The van der Waals surface area contributed by atoms with Gasteiger partial charge in [0.15, 0.2) is 0 Å². The Bertz CT molecular complexity index is 1850. The highest BCUT2D eigenvalue weighted by Gasteiger charge is 2.50. The van der Waals surface area contributed by atoms with Crippen molar-refractivity contribution in [1.82, 2.24) is 19.1 Å². The van der Waals surface area contributed by atoms with E-state index in [1.165, 1.54) is 24.8 Å². The minimum Gasteiger partial charge on any atom is -0.496 e. The molecule has 2 amide bonds. The number of carbonyl (C=O) groups excluding carboxylic acids is 2. The second kappa shape index (κ2) is 11.7. The Hall–Kier alpha value is -3.37. The smallest absolute Gasteiger partial charge is 0.265 e. The van der Waals surface area contributed by atoms with E-state index in [9.17, 15) is 18.0 Å². The maximum atomic E-state index is 14.8. The summed E-state index contributed by atoms with van der Waals surface area (Å²) >= 11 is 0. The van der Waals surface area contributed by atoms with Gasteiger partial charge in [-0.3, -0.25) is 9.59 Å². The fourth-order valence-corrected chi connectivity index (χ4v) is 10.7. The summed E-state index contributed by atoms with van der Waals surface area (Å²) in [7, 11) is 0.115. The van der Waals surface area contributed by atoms with E-state index in [2.05, 4.69) is 56.5 Å². The van der Waals surface area contributed by atoms with Crippen LogP contribution in [0.2, 0.25) is 0 Å². The maximum Gasteiger partial charge on any atom is 0.265 e. The molecule has 8 rings (SSSR count). The van der Waals surface area contributed by atoms with Crippen molar-refractivity contribution < 1.29 is 22.7 Å². The molecule has 1 aromatic heterocycles. The molecule has 250 valence electrons. The van der Waals surface area contributed by atoms with Crippen molar-refractivity contribution in [2.24, 2.45) is 5.92 Å². The molecule has 1 aromatic carbocycles. The van der Waals surface area contributed by atoms with Crippen molar-refractivity contribution in [1.29, 1.82) is 0 Å². The van der Waals surface area contributed by atoms with Gasteiger partial charge in [-0.25, -0.2) is 13.1 Å². The second-order valence-corrected chi connectivity index (χ2v) is 16.5. The average molecular weight is 659 g/mol. The van der Waals surface area contributed by atoms with Gasteiger partial charge in [0, 0.05) is 48.7 Å². The lowest BCUT2D eigenvalue weighted by molar-refractivity contribution is -0.141. The molecular weight excluding hydrogens is 612 g/mol. The molecule has 3 fully saturated rings. The first-order valence-electron chi connectivity index (χ1n) is 17.6. The molecule has 2 saturated heterocycles. The van der Waals surface area contributed by atoms with Gasteiger partial charge in [0.2, 0.25) is 15.9 Å². The number of ether oxygens (including phenoxy) is 1. The summed E-state index contributed by atoms with van der Waals surface area (Å²) in [6.45, 7) is 4.04. The average Bonchev–Trinajstić information content (AvgIpc) is 3.59. The summed E-state index contributed by atoms with van der Waals surface area (Å²) in [6, 6.07) is 7.01. The van der Waals surface area contributed by atoms with Crippen molar-refractivity contribution in [3.63, 3.8) is 0 Å². The molecule has 9 nitrogen and oxygen atoms in total. The number of allylic oxidation sites excluding steroid dienone is 4. The third-order valence-corrected chi connectivity index (χ3v) is 13.1. The molecule has 0 radical (unpaired) electrons. The van der Waals surface area contributed by atoms with Crippen molar-refractivity contribution >= 4 is 32.7 Å². The van der Waals surface area contributed by atoms with Crippen LogP contribution in [0.25, 0.3) is 10.9 Å². The van der Waals surface area contributed by atoms with Gasteiger partial charge in [-0.15, -0.1) is 0 Å². The Labute approximate surface area is 277 Å². The van der Waals surface area contributed by atoms with Gasteiger partial charge in [0.1, 0.15) is 5.75 Å². The minimum absolute atomic E-state index is 0.101. The van der Waals surface area contributed by atoms with Crippen LogP contribution in [0.3, 0.4) is 0 Å². The van der Waals surface area contributed by atoms with Crippen LogP contribution >= 0.6 is 0 Å². The van der Waals surface area contributed by atoms with E-state index >= 15 is 0 Å². The van der Waals surface area contributed by atoms with Crippen molar-refractivity contribution in [3.05, 3.63) is 63.9 Å². The van der Waals surface area contributed by atoms with Crippen LogP contribution < -0.4 is 9.46 Å². The van der Waals surface area contributed by atoms with E-state index in [0.717, 1.165) is 77.8 Å².